The second-order valence-electron chi connectivity index (χ2n) is 6.13. The zero-order valence-electron chi connectivity index (χ0n) is 14.1. The van der Waals surface area contributed by atoms with Crippen LogP contribution in [0.5, 0.6) is 5.75 Å². The standard InChI is InChI=1S/C18H21N3O3S/c1-24-15-6-4-12(5-7-15)18-20-14(11-25-18)9-16(22)21-8-2-3-13(10-21)17(19)23/h4-7,11,13H,2-3,8-10H2,1H3,(H2,19,23)/t13-/m1/s1. The van der Waals surface area contributed by atoms with Crippen LogP contribution in [0.1, 0.15) is 18.5 Å². The van der Waals surface area contributed by atoms with E-state index in [1.165, 1.54) is 11.3 Å². The van der Waals surface area contributed by atoms with Crippen LogP contribution in [0.2, 0.25) is 0 Å². The summed E-state index contributed by atoms with van der Waals surface area (Å²) in [6.45, 7) is 1.10. The third kappa shape index (κ3) is 4.17. The Labute approximate surface area is 150 Å². The second-order valence-corrected chi connectivity index (χ2v) is 6.99. The largest absolute Gasteiger partial charge is 0.497 e. The predicted molar refractivity (Wildman–Crippen MR) is 96.3 cm³/mol. The highest BCUT2D eigenvalue weighted by molar-refractivity contribution is 7.13. The second kappa shape index (κ2) is 7.65. The highest BCUT2D eigenvalue weighted by Gasteiger charge is 2.27. The smallest absolute Gasteiger partial charge is 0.228 e. The van der Waals surface area contributed by atoms with Gasteiger partial charge in [-0.1, -0.05) is 0 Å². The molecule has 2 N–H and O–H groups in total. The highest BCUT2D eigenvalue weighted by atomic mass is 32.1. The number of likely N-dealkylation sites (tertiary alicyclic amines) is 1. The molecule has 0 radical (unpaired) electrons. The van der Waals surface area contributed by atoms with Gasteiger partial charge in [0.2, 0.25) is 11.8 Å². The van der Waals surface area contributed by atoms with Crippen molar-refractivity contribution < 1.29 is 14.3 Å². The maximum absolute atomic E-state index is 12.5. The Morgan fingerprint density at radius 1 is 1.36 bits per heavy atom. The topological polar surface area (TPSA) is 85.5 Å². The minimum absolute atomic E-state index is 0.00229. The number of amides is 2. The molecule has 1 fully saturated rings. The van der Waals surface area contributed by atoms with E-state index in [0.29, 0.717) is 13.1 Å². The van der Waals surface area contributed by atoms with Crippen LogP contribution in [0, 0.1) is 5.92 Å². The third-order valence-electron chi connectivity index (χ3n) is 4.40. The summed E-state index contributed by atoms with van der Waals surface area (Å²) in [5.74, 6) is 0.235. The zero-order valence-corrected chi connectivity index (χ0v) is 14.9. The predicted octanol–water partition coefficient (Wildman–Crippen LogP) is 2.09. The SMILES string of the molecule is COc1ccc(-c2nc(CC(=O)N3CCC[C@@H](C(N)=O)C3)cs2)cc1. The van der Waals surface area contributed by atoms with Crippen molar-refractivity contribution in [3.8, 4) is 16.3 Å². The van der Waals surface area contributed by atoms with Gasteiger partial charge in [-0.25, -0.2) is 4.98 Å². The van der Waals surface area contributed by atoms with Crippen molar-refractivity contribution in [2.45, 2.75) is 19.3 Å². The number of hydrogen-bond acceptors (Lipinski definition) is 5. The number of rotatable bonds is 5. The number of hydrogen-bond donors (Lipinski definition) is 1. The summed E-state index contributed by atoms with van der Waals surface area (Å²) in [7, 11) is 1.63. The normalized spacial score (nSPS) is 17.3. The first kappa shape index (κ1) is 17.4. The van der Waals surface area contributed by atoms with Crippen LogP contribution >= 0.6 is 11.3 Å². The number of carbonyl (C=O) groups is 2. The summed E-state index contributed by atoms with van der Waals surface area (Å²) in [5.41, 5.74) is 7.12. The van der Waals surface area contributed by atoms with E-state index < -0.39 is 0 Å². The minimum atomic E-state index is -0.326. The Balaban J connectivity index is 1.64. The van der Waals surface area contributed by atoms with Gasteiger partial charge in [0.25, 0.3) is 0 Å². The molecule has 1 atom stereocenters. The van der Waals surface area contributed by atoms with Crippen molar-refractivity contribution in [3.05, 3.63) is 35.3 Å². The van der Waals surface area contributed by atoms with E-state index in [0.717, 1.165) is 34.9 Å². The number of nitrogens with two attached hydrogens (primary N) is 1. The first-order valence-corrected chi connectivity index (χ1v) is 9.10. The van der Waals surface area contributed by atoms with Gasteiger partial charge in [-0.2, -0.15) is 0 Å². The summed E-state index contributed by atoms with van der Waals surface area (Å²) in [5, 5.41) is 2.78. The molecule has 0 saturated carbocycles. The molecule has 0 unspecified atom stereocenters. The van der Waals surface area contributed by atoms with Gasteiger partial charge in [-0.05, 0) is 37.1 Å². The number of aromatic nitrogens is 1. The first-order valence-electron chi connectivity index (χ1n) is 8.22. The molecule has 2 amide bonds. The molecular weight excluding hydrogens is 338 g/mol. The Morgan fingerprint density at radius 2 is 2.12 bits per heavy atom. The molecule has 3 rings (SSSR count). The average Bonchev–Trinajstić information content (AvgIpc) is 3.10. The van der Waals surface area contributed by atoms with Gasteiger partial charge in [0, 0.05) is 24.0 Å². The molecule has 1 aliphatic rings. The number of piperidine rings is 1. The molecule has 1 aromatic heterocycles. The zero-order chi connectivity index (χ0) is 17.8. The molecule has 0 bridgehead atoms. The van der Waals surface area contributed by atoms with Gasteiger partial charge >= 0.3 is 0 Å². The van der Waals surface area contributed by atoms with Crippen molar-refractivity contribution >= 4 is 23.2 Å². The number of primary amides is 1. The highest BCUT2D eigenvalue weighted by Crippen LogP contribution is 2.26. The van der Waals surface area contributed by atoms with Crippen molar-refractivity contribution in [3.63, 3.8) is 0 Å². The Kier molecular flexibility index (Phi) is 5.33. The number of nitrogens with zero attached hydrogens (tertiary/aromatic N) is 2. The van der Waals surface area contributed by atoms with Gasteiger partial charge in [-0.15, -0.1) is 11.3 Å². The first-order chi connectivity index (χ1) is 12.1. The molecule has 132 valence electrons. The van der Waals surface area contributed by atoms with Crippen LogP contribution in [0.25, 0.3) is 10.6 Å². The lowest BCUT2D eigenvalue weighted by atomic mass is 9.97. The van der Waals surface area contributed by atoms with E-state index in [1.807, 2.05) is 29.6 Å². The van der Waals surface area contributed by atoms with Crippen molar-refractivity contribution in [1.82, 2.24) is 9.88 Å². The van der Waals surface area contributed by atoms with Crippen LogP contribution in [0.15, 0.2) is 29.6 Å². The van der Waals surface area contributed by atoms with Crippen LogP contribution < -0.4 is 10.5 Å². The summed E-state index contributed by atoms with van der Waals surface area (Å²) >= 11 is 1.51. The van der Waals surface area contributed by atoms with Crippen LogP contribution in [-0.2, 0) is 16.0 Å². The number of methoxy groups -OCH3 is 1. The van der Waals surface area contributed by atoms with E-state index >= 15 is 0 Å². The van der Waals surface area contributed by atoms with Crippen molar-refractivity contribution in [2.75, 3.05) is 20.2 Å². The van der Waals surface area contributed by atoms with Gasteiger partial charge in [0.15, 0.2) is 0 Å². The van der Waals surface area contributed by atoms with E-state index in [2.05, 4.69) is 4.98 Å². The molecule has 6 nitrogen and oxygen atoms in total. The Hall–Kier alpha value is -2.41. The fourth-order valence-corrected chi connectivity index (χ4v) is 3.78. The van der Waals surface area contributed by atoms with Gasteiger partial charge < -0.3 is 15.4 Å². The Morgan fingerprint density at radius 3 is 2.80 bits per heavy atom. The summed E-state index contributed by atoms with van der Waals surface area (Å²) < 4.78 is 5.16. The maximum atomic E-state index is 12.5. The molecule has 2 aromatic rings. The fraction of sp³-hybridized carbons (Fsp3) is 0.389. The van der Waals surface area contributed by atoms with E-state index in [4.69, 9.17) is 10.5 Å². The molecule has 1 aliphatic heterocycles. The summed E-state index contributed by atoms with van der Waals surface area (Å²) in [6.07, 6.45) is 1.82. The lowest BCUT2D eigenvalue weighted by Crippen LogP contribution is -2.44. The van der Waals surface area contributed by atoms with Crippen LogP contribution in [0.4, 0.5) is 0 Å². The van der Waals surface area contributed by atoms with Crippen molar-refractivity contribution in [1.29, 1.82) is 0 Å². The van der Waals surface area contributed by atoms with Crippen LogP contribution in [-0.4, -0.2) is 41.9 Å². The maximum Gasteiger partial charge on any atom is 0.228 e. The number of ether oxygens (including phenoxy) is 1. The molecule has 1 saturated heterocycles. The van der Waals surface area contributed by atoms with Crippen LogP contribution in [0.3, 0.4) is 0 Å². The molecular formula is C18H21N3O3S. The van der Waals surface area contributed by atoms with Gasteiger partial charge in [0.1, 0.15) is 10.8 Å². The molecule has 0 spiro atoms. The molecule has 25 heavy (non-hydrogen) atoms. The molecule has 0 aliphatic carbocycles. The van der Waals surface area contributed by atoms with Crippen molar-refractivity contribution in [2.24, 2.45) is 11.7 Å². The van der Waals surface area contributed by atoms with E-state index in [1.54, 1.807) is 12.0 Å². The van der Waals surface area contributed by atoms with Gasteiger partial charge in [-0.3, -0.25) is 9.59 Å². The third-order valence-corrected chi connectivity index (χ3v) is 5.34. The average molecular weight is 359 g/mol. The lowest BCUT2D eigenvalue weighted by molar-refractivity contribution is -0.134. The quantitative estimate of drug-likeness (QED) is 0.886. The van der Waals surface area contributed by atoms with Gasteiger partial charge in [0.05, 0.1) is 25.1 Å². The van der Waals surface area contributed by atoms with E-state index in [9.17, 15) is 9.59 Å². The number of benzene rings is 1. The molecule has 7 heteroatoms. The number of thiazole rings is 1. The fourth-order valence-electron chi connectivity index (χ4n) is 2.96. The lowest BCUT2D eigenvalue weighted by Gasteiger charge is -2.31. The summed E-state index contributed by atoms with van der Waals surface area (Å²) in [4.78, 5) is 30.1. The summed E-state index contributed by atoms with van der Waals surface area (Å²) in [6, 6.07) is 7.68. The number of carbonyl (C=O) groups excluding carboxylic acids is 2. The molecule has 2 heterocycles. The monoisotopic (exact) mass is 359 g/mol. The Bertz CT molecular complexity index is 757. The minimum Gasteiger partial charge on any atom is -0.497 e. The van der Waals surface area contributed by atoms with E-state index in [-0.39, 0.29) is 24.2 Å². The molecule has 1 aromatic carbocycles.